The molecule has 1 unspecified atom stereocenters. The molecular weight excluding hydrogens is 508 g/mol. The Morgan fingerprint density at radius 1 is 0.900 bits per heavy atom. The Hall–Kier alpha value is -3.71. The van der Waals surface area contributed by atoms with Crippen molar-refractivity contribution in [3.8, 4) is 12.3 Å². The summed E-state index contributed by atoms with van der Waals surface area (Å²) in [5.74, 6) is 1.85. The molecule has 0 aliphatic carbocycles. The molecule has 0 saturated heterocycles. The first-order valence-electron chi connectivity index (χ1n) is 13.8. The summed E-state index contributed by atoms with van der Waals surface area (Å²) in [6, 6.07) is 15.5. The maximum atomic E-state index is 13.3. The minimum Gasteiger partial charge on any atom is -0.377 e. The third kappa shape index (κ3) is 10.1. The van der Waals surface area contributed by atoms with Crippen LogP contribution in [0.4, 0.5) is 5.69 Å². The van der Waals surface area contributed by atoms with E-state index in [-0.39, 0.29) is 37.3 Å². The highest BCUT2D eigenvalue weighted by Crippen LogP contribution is 2.29. The summed E-state index contributed by atoms with van der Waals surface area (Å²) >= 11 is 0. The van der Waals surface area contributed by atoms with Crippen molar-refractivity contribution >= 4 is 23.4 Å². The maximum absolute atomic E-state index is 13.3. The topological polar surface area (TPSA) is 123 Å². The van der Waals surface area contributed by atoms with Crippen LogP contribution < -0.4 is 21.3 Å². The van der Waals surface area contributed by atoms with Gasteiger partial charge in [0.1, 0.15) is 12.6 Å². The first kappa shape index (κ1) is 30.8. The van der Waals surface area contributed by atoms with Gasteiger partial charge in [-0.3, -0.25) is 14.4 Å². The third-order valence-electron chi connectivity index (χ3n) is 6.70. The summed E-state index contributed by atoms with van der Waals surface area (Å²) in [6.07, 6.45) is 8.68. The second-order valence-electron chi connectivity index (χ2n) is 9.66. The SMILES string of the molecule is C#CCOCCOCCNC(=O)C(N)CNC(=O)CCCCC(=O)N1Cc2ccccc2CCc2ccccc21. The largest absolute Gasteiger partial charge is 0.377 e. The quantitative estimate of drug-likeness (QED) is 0.231. The number of unbranched alkanes of at least 4 members (excludes halogenated alkanes) is 1. The van der Waals surface area contributed by atoms with E-state index in [1.165, 1.54) is 16.7 Å². The summed E-state index contributed by atoms with van der Waals surface area (Å²) in [6.45, 7) is 2.20. The zero-order chi connectivity index (χ0) is 28.6. The van der Waals surface area contributed by atoms with E-state index < -0.39 is 6.04 Å². The summed E-state index contributed by atoms with van der Waals surface area (Å²) in [7, 11) is 0. The first-order chi connectivity index (χ1) is 19.5. The smallest absolute Gasteiger partial charge is 0.238 e. The normalized spacial score (nSPS) is 13.2. The van der Waals surface area contributed by atoms with Crippen LogP contribution in [0.5, 0.6) is 0 Å². The monoisotopic (exact) mass is 548 g/mol. The molecular formula is C31H40N4O5. The molecule has 1 aliphatic heterocycles. The molecule has 1 heterocycles. The Kier molecular flexibility index (Phi) is 13.2. The molecule has 0 aromatic heterocycles. The number of nitrogens with two attached hydrogens (primary N) is 1. The molecule has 40 heavy (non-hydrogen) atoms. The predicted octanol–water partition coefficient (Wildman–Crippen LogP) is 2.10. The van der Waals surface area contributed by atoms with E-state index in [0.29, 0.717) is 52.2 Å². The summed E-state index contributed by atoms with van der Waals surface area (Å²) < 4.78 is 10.4. The number of ether oxygens (including phenoxy) is 2. The average Bonchev–Trinajstić information content (AvgIpc) is 2.96. The summed E-state index contributed by atoms with van der Waals surface area (Å²) in [4.78, 5) is 39.5. The second kappa shape index (κ2) is 17.1. The van der Waals surface area contributed by atoms with Crippen molar-refractivity contribution in [3.05, 3.63) is 65.2 Å². The zero-order valence-corrected chi connectivity index (χ0v) is 23.0. The van der Waals surface area contributed by atoms with E-state index in [1.807, 2.05) is 35.2 Å². The minimum atomic E-state index is -0.862. The van der Waals surface area contributed by atoms with Crippen molar-refractivity contribution < 1.29 is 23.9 Å². The van der Waals surface area contributed by atoms with Gasteiger partial charge >= 0.3 is 0 Å². The number of nitrogens with zero attached hydrogens (tertiary/aromatic N) is 1. The molecule has 0 fully saturated rings. The number of hydrogen-bond acceptors (Lipinski definition) is 6. The Bertz CT molecular complexity index is 1160. The molecule has 2 aromatic rings. The molecule has 3 amide bonds. The van der Waals surface area contributed by atoms with Gasteiger partial charge in [0.15, 0.2) is 0 Å². The van der Waals surface area contributed by atoms with Crippen LogP contribution in [0.2, 0.25) is 0 Å². The number of terminal acetylenes is 1. The number of benzene rings is 2. The van der Waals surface area contributed by atoms with Crippen molar-refractivity contribution in [2.24, 2.45) is 5.73 Å². The zero-order valence-electron chi connectivity index (χ0n) is 23.0. The molecule has 4 N–H and O–H groups in total. The fraction of sp³-hybridized carbons (Fsp3) is 0.452. The van der Waals surface area contributed by atoms with Crippen LogP contribution in [0.1, 0.15) is 42.4 Å². The van der Waals surface area contributed by atoms with Crippen LogP contribution in [-0.2, 0) is 43.2 Å². The van der Waals surface area contributed by atoms with Gasteiger partial charge in [0.2, 0.25) is 17.7 Å². The fourth-order valence-electron chi connectivity index (χ4n) is 4.52. The summed E-state index contributed by atoms with van der Waals surface area (Å²) in [5.41, 5.74) is 10.5. The van der Waals surface area contributed by atoms with E-state index in [4.69, 9.17) is 21.6 Å². The van der Waals surface area contributed by atoms with Crippen LogP contribution >= 0.6 is 0 Å². The van der Waals surface area contributed by atoms with Crippen LogP contribution in [0.25, 0.3) is 0 Å². The van der Waals surface area contributed by atoms with E-state index in [0.717, 1.165) is 18.5 Å². The van der Waals surface area contributed by atoms with Crippen LogP contribution in [-0.4, -0.2) is 63.3 Å². The number of aryl methyl sites for hydroxylation is 2. The molecule has 214 valence electrons. The average molecular weight is 549 g/mol. The summed E-state index contributed by atoms with van der Waals surface area (Å²) in [5, 5.41) is 5.37. The fourth-order valence-corrected chi connectivity index (χ4v) is 4.52. The molecule has 0 saturated carbocycles. The molecule has 9 nitrogen and oxygen atoms in total. The molecule has 1 aliphatic rings. The van der Waals surface area contributed by atoms with Crippen molar-refractivity contribution in [3.63, 3.8) is 0 Å². The number of nitrogens with one attached hydrogen (secondary N) is 2. The molecule has 3 rings (SSSR count). The highest BCUT2D eigenvalue weighted by Gasteiger charge is 2.22. The molecule has 0 bridgehead atoms. The van der Waals surface area contributed by atoms with Crippen LogP contribution in [0.15, 0.2) is 48.5 Å². The predicted molar refractivity (Wildman–Crippen MR) is 154 cm³/mol. The second-order valence-corrected chi connectivity index (χ2v) is 9.66. The van der Waals surface area contributed by atoms with Gasteiger partial charge in [0.05, 0.1) is 26.4 Å². The van der Waals surface area contributed by atoms with E-state index in [1.54, 1.807) is 0 Å². The number of rotatable bonds is 15. The van der Waals surface area contributed by atoms with Crippen LogP contribution in [0.3, 0.4) is 0 Å². The highest BCUT2D eigenvalue weighted by atomic mass is 16.5. The van der Waals surface area contributed by atoms with Crippen LogP contribution in [0, 0.1) is 12.3 Å². The minimum absolute atomic E-state index is 0.0361. The Morgan fingerprint density at radius 2 is 1.57 bits per heavy atom. The maximum Gasteiger partial charge on any atom is 0.238 e. The molecule has 1 atom stereocenters. The van der Waals surface area contributed by atoms with Gasteiger partial charge < -0.3 is 30.7 Å². The lowest BCUT2D eigenvalue weighted by molar-refractivity contribution is -0.124. The lowest BCUT2D eigenvalue weighted by Crippen LogP contribution is -2.48. The van der Waals surface area contributed by atoms with Gasteiger partial charge in [-0.1, -0.05) is 48.4 Å². The first-order valence-corrected chi connectivity index (χ1v) is 13.8. The van der Waals surface area contributed by atoms with Gasteiger partial charge in [0, 0.05) is 31.6 Å². The lowest BCUT2D eigenvalue weighted by atomic mass is 9.95. The van der Waals surface area contributed by atoms with Gasteiger partial charge in [-0.2, -0.15) is 0 Å². The number of amides is 3. The molecule has 9 heteroatoms. The number of carbonyl (C=O) groups excluding carboxylic acids is 3. The lowest BCUT2D eigenvalue weighted by Gasteiger charge is -2.29. The third-order valence-corrected chi connectivity index (χ3v) is 6.70. The Morgan fingerprint density at radius 3 is 2.38 bits per heavy atom. The van der Waals surface area contributed by atoms with E-state index >= 15 is 0 Å². The number of para-hydroxylation sites is 1. The van der Waals surface area contributed by atoms with Gasteiger partial charge in [-0.05, 0) is 48.4 Å². The van der Waals surface area contributed by atoms with E-state index in [2.05, 4.69) is 34.8 Å². The number of carbonyl (C=O) groups is 3. The van der Waals surface area contributed by atoms with Gasteiger partial charge in [0.25, 0.3) is 0 Å². The molecule has 2 aromatic carbocycles. The Balaban J connectivity index is 1.34. The van der Waals surface area contributed by atoms with Crippen molar-refractivity contribution in [1.82, 2.24) is 10.6 Å². The van der Waals surface area contributed by atoms with Crippen molar-refractivity contribution in [2.45, 2.75) is 51.1 Å². The van der Waals surface area contributed by atoms with E-state index in [9.17, 15) is 14.4 Å². The van der Waals surface area contributed by atoms with Crippen molar-refractivity contribution in [2.75, 3.05) is 44.4 Å². The Labute approximate surface area is 236 Å². The molecule has 0 spiro atoms. The number of anilines is 1. The van der Waals surface area contributed by atoms with Gasteiger partial charge in [-0.15, -0.1) is 6.42 Å². The number of fused-ring (bicyclic) bond motifs is 2. The number of hydrogen-bond donors (Lipinski definition) is 3. The highest BCUT2D eigenvalue weighted by molar-refractivity contribution is 5.94. The van der Waals surface area contributed by atoms with Gasteiger partial charge in [-0.25, -0.2) is 0 Å². The van der Waals surface area contributed by atoms with Crippen molar-refractivity contribution in [1.29, 1.82) is 0 Å². The molecule has 0 radical (unpaired) electrons. The standard InChI is InChI=1S/C31H40N4O5/c1-2-18-39-20-21-40-19-17-33-31(38)27(32)22-34-29(36)13-7-8-14-30(37)35-23-26-11-4-3-9-24(26)15-16-25-10-5-6-12-28(25)35/h1,3-6,9-12,27H,7-8,13-23,32H2,(H,33,38)(H,34,36).